The van der Waals surface area contributed by atoms with E-state index in [0.717, 1.165) is 10.3 Å². The number of anilines is 1. The summed E-state index contributed by atoms with van der Waals surface area (Å²) < 4.78 is 1.07. The van der Waals surface area contributed by atoms with E-state index < -0.39 is 0 Å². The molecule has 5 heteroatoms. The van der Waals surface area contributed by atoms with Crippen molar-refractivity contribution in [3.05, 3.63) is 51.8 Å². The van der Waals surface area contributed by atoms with Crippen molar-refractivity contribution in [3.8, 4) is 0 Å². The number of nitrogens with zero attached hydrogens (tertiary/aromatic N) is 2. The van der Waals surface area contributed by atoms with E-state index >= 15 is 0 Å². The maximum atomic E-state index is 5.80. The largest absolute Gasteiger partial charge is 0.363 e. The van der Waals surface area contributed by atoms with Crippen molar-refractivity contribution >= 4 is 33.3 Å². The number of rotatable bonds is 3. The van der Waals surface area contributed by atoms with Crippen molar-refractivity contribution in [2.24, 2.45) is 0 Å². The van der Waals surface area contributed by atoms with Gasteiger partial charge in [0.25, 0.3) is 0 Å². The van der Waals surface area contributed by atoms with Crippen LogP contribution in [0.25, 0.3) is 0 Å². The molecule has 1 aromatic carbocycles. The SMILES string of the molecule is CC(Nc1cc(Cl)ncn1)c1ccc(Br)cc1. The summed E-state index contributed by atoms with van der Waals surface area (Å²) in [6.07, 6.45) is 1.44. The molecule has 1 unspecified atom stereocenters. The molecule has 0 saturated carbocycles. The Morgan fingerprint density at radius 2 is 1.94 bits per heavy atom. The van der Waals surface area contributed by atoms with Gasteiger partial charge in [0.2, 0.25) is 0 Å². The lowest BCUT2D eigenvalue weighted by Gasteiger charge is -2.14. The lowest BCUT2D eigenvalue weighted by atomic mass is 10.1. The van der Waals surface area contributed by atoms with Crippen LogP contribution in [0.3, 0.4) is 0 Å². The van der Waals surface area contributed by atoms with Gasteiger partial charge in [-0.3, -0.25) is 0 Å². The van der Waals surface area contributed by atoms with E-state index in [4.69, 9.17) is 11.6 Å². The number of aromatic nitrogens is 2. The smallest absolute Gasteiger partial charge is 0.134 e. The van der Waals surface area contributed by atoms with Crippen LogP contribution in [0.4, 0.5) is 5.82 Å². The molecule has 0 saturated heterocycles. The average Bonchev–Trinajstić information content (AvgIpc) is 2.29. The first-order valence-electron chi connectivity index (χ1n) is 5.14. The number of hydrogen-bond acceptors (Lipinski definition) is 3. The summed E-state index contributed by atoms with van der Waals surface area (Å²) in [5, 5.41) is 3.70. The lowest BCUT2D eigenvalue weighted by Crippen LogP contribution is -2.07. The zero-order valence-corrected chi connectivity index (χ0v) is 11.5. The zero-order valence-electron chi connectivity index (χ0n) is 9.19. The lowest BCUT2D eigenvalue weighted by molar-refractivity contribution is 0.871. The number of nitrogens with one attached hydrogen (secondary N) is 1. The highest BCUT2D eigenvalue weighted by molar-refractivity contribution is 9.10. The summed E-state index contributed by atoms with van der Waals surface area (Å²) in [5.74, 6) is 0.723. The molecule has 17 heavy (non-hydrogen) atoms. The Balaban J connectivity index is 2.11. The van der Waals surface area contributed by atoms with Crippen molar-refractivity contribution in [3.63, 3.8) is 0 Å². The van der Waals surface area contributed by atoms with E-state index in [1.807, 2.05) is 12.1 Å². The predicted octanol–water partition coefficient (Wildman–Crippen LogP) is 4.07. The Labute approximate surface area is 113 Å². The Morgan fingerprint density at radius 3 is 2.59 bits per heavy atom. The molecule has 1 atom stereocenters. The summed E-state index contributed by atoms with van der Waals surface area (Å²) in [6.45, 7) is 2.07. The van der Waals surface area contributed by atoms with Gasteiger partial charge < -0.3 is 5.32 Å². The van der Waals surface area contributed by atoms with E-state index in [1.165, 1.54) is 11.9 Å². The van der Waals surface area contributed by atoms with Crippen LogP contribution in [-0.4, -0.2) is 9.97 Å². The van der Waals surface area contributed by atoms with Crippen molar-refractivity contribution in [1.82, 2.24) is 9.97 Å². The molecule has 2 rings (SSSR count). The van der Waals surface area contributed by atoms with E-state index in [9.17, 15) is 0 Å². The van der Waals surface area contributed by atoms with Gasteiger partial charge in [0.1, 0.15) is 17.3 Å². The van der Waals surface area contributed by atoms with E-state index in [0.29, 0.717) is 5.15 Å². The fourth-order valence-electron chi connectivity index (χ4n) is 1.47. The van der Waals surface area contributed by atoms with Crippen LogP contribution in [0, 0.1) is 0 Å². The first-order valence-corrected chi connectivity index (χ1v) is 6.32. The molecule has 1 heterocycles. The van der Waals surface area contributed by atoms with Crippen molar-refractivity contribution in [2.75, 3.05) is 5.32 Å². The molecule has 0 spiro atoms. The monoisotopic (exact) mass is 311 g/mol. The Kier molecular flexibility index (Phi) is 3.97. The van der Waals surface area contributed by atoms with Gasteiger partial charge in [0.05, 0.1) is 0 Å². The molecule has 0 bridgehead atoms. The maximum Gasteiger partial charge on any atom is 0.134 e. The third-order valence-corrected chi connectivity index (χ3v) is 3.10. The molecular weight excluding hydrogens is 302 g/mol. The fourth-order valence-corrected chi connectivity index (χ4v) is 1.88. The van der Waals surface area contributed by atoms with Crippen molar-refractivity contribution in [2.45, 2.75) is 13.0 Å². The van der Waals surface area contributed by atoms with Crippen molar-refractivity contribution < 1.29 is 0 Å². The van der Waals surface area contributed by atoms with Gasteiger partial charge in [-0.05, 0) is 24.6 Å². The average molecular weight is 313 g/mol. The van der Waals surface area contributed by atoms with E-state index in [1.54, 1.807) is 6.07 Å². The molecule has 2 aromatic rings. The van der Waals surface area contributed by atoms with Gasteiger partial charge in [-0.25, -0.2) is 9.97 Å². The van der Waals surface area contributed by atoms with Crippen LogP contribution in [0.2, 0.25) is 5.15 Å². The molecular formula is C12H11BrClN3. The molecule has 0 fully saturated rings. The quantitative estimate of drug-likeness (QED) is 0.868. The summed E-state index contributed by atoms with van der Waals surface area (Å²) in [4.78, 5) is 7.95. The van der Waals surface area contributed by atoms with Crippen molar-refractivity contribution in [1.29, 1.82) is 0 Å². The van der Waals surface area contributed by atoms with Gasteiger partial charge >= 0.3 is 0 Å². The highest BCUT2D eigenvalue weighted by Crippen LogP contribution is 2.20. The summed E-state index contributed by atoms with van der Waals surface area (Å²) >= 11 is 9.21. The second-order valence-corrected chi connectivity index (χ2v) is 4.95. The molecule has 0 aliphatic carbocycles. The maximum absolute atomic E-state index is 5.80. The third kappa shape index (κ3) is 3.41. The number of hydrogen-bond donors (Lipinski definition) is 1. The van der Waals surface area contributed by atoms with Crippen LogP contribution in [0.15, 0.2) is 41.1 Å². The van der Waals surface area contributed by atoms with Crippen LogP contribution in [0.1, 0.15) is 18.5 Å². The molecule has 1 N–H and O–H groups in total. The van der Waals surface area contributed by atoms with E-state index in [2.05, 4.69) is 50.3 Å². The third-order valence-electron chi connectivity index (χ3n) is 2.37. The summed E-state index contributed by atoms with van der Waals surface area (Å²) in [6, 6.07) is 10.0. The Hall–Kier alpha value is -1.13. The molecule has 0 aliphatic rings. The summed E-state index contributed by atoms with van der Waals surface area (Å²) in [7, 11) is 0. The Morgan fingerprint density at radius 1 is 1.24 bits per heavy atom. The van der Waals surface area contributed by atoms with E-state index in [-0.39, 0.29) is 6.04 Å². The molecule has 3 nitrogen and oxygen atoms in total. The normalized spacial score (nSPS) is 12.2. The van der Waals surface area contributed by atoms with Gasteiger partial charge in [-0.15, -0.1) is 0 Å². The van der Waals surface area contributed by atoms with Gasteiger partial charge in [0.15, 0.2) is 0 Å². The molecule has 0 amide bonds. The van der Waals surface area contributed by atoms with Gasteiger partial charge in [0, 0.05) is 16.6 Å². The summed E-state index contributed by atoms with van der Waals surface area (Å²) in [5.41, 5.74) is 1.18. The molecule has 0 radical (unpaired) electrons. The van der Waals surface area contributed by atoms with Gasteiger partial charge in [-0.2, -0.15) is 0 Å². The number of halogens is 2. The Bertz CT molecular complexity index is 501. The minimum atomic E-state index is 0.161. The van der Waals surface area contributed by atoms with Crippen LogP contribution >= 0.6 is 27.5 Å². The molecule has 88 valence electrons. The van der Waals surface area contributed by atoms with Crippen LogP contribution in [-0.2, 0) is 0 Å². The van der Waals surface area contributed by atoms with Gasteiger partial charge in [-0.1, -0.05) is 39.7 Å². The second-order valence-electron chi connectivity index (χ2n) is 3.64. The first-order chi connectivity index (χ1) is 8.15. The fraction of sp³-hybridized carbons (Fsp3) is 0.167. The van der Waals surface area contributed by atoms with Crippen LogP contribution in [0.5, 0.6) is 0 Å². The first kappa shape index (κ1) is 12.3. The van der Waals surface area contributed by atoms with Crippen LogP contribution < -0.4 is 5.32 Å². The zero-order chi connectivity index (χ0) is 12.3. The highest BCUT2D eigenvalue weighted by atomic mass is 79.9. The highest BCUT2D eigenvalue weighted by Gasteiger charge is 2.06. The molecule has 0 aliphatic heterocycles. The second kappa shape index (κ2) is 5.47. The minimum Gasteiger partial charge on any atom is -0.363 e. The standard InChI is InChI=1S/C12H11BrClN3/c1-8(9-2-4-10(13)5-3-9)17-12-6-11(14)15-7-16-12/h2-8H,1H3,(H,15,16,17). The predicted molar refractivity (Wildman–Crippen MR) is 73.2 cm³/mol. The number of benzene rings is 1. The molecule has 1 aromatic heterocycles. The topological polar surface area (TPSA) is 37.8 Å². The minimum absolute atomic E-state index is 0.161.